The second kappa shape index (κ2) is 1.87. The lowest BCUT2D eigenvalue weighted by atomic mass is 10.1. The molecule has 50 valence electrons. The van der Waals surface area contributed by atoms with Crippen LogP contribution in [0.2, 0.25) is 0 Å². The molecule has 0 aromatic rings. The van der Waals surface area contributed by atoms with Crippen LogP contribution in [0.25, 0.3) is 0 Å². The Bertz CT molecular complexity index is 273. The fourth-order valence-corrected chi connectivity index (χ4v) is 1.13. The first-order valence-electron chi connectivity index (χ1n) is 3.20. The number of hydrogen-bond donors (Lipinski definition) is 0. The summed E-state index contributed by atoms with van der Waals surface area (Å²) in [5, 5.41) is 0. The molecule has 1 amide bonds. The molecule has 0 saturated heterocycles. The molecular formula is C7H6N2O. The zero-order chi connectivity index (χ0) is 6.97. The molecule has 2 aliphatic rings. The third-order valence-corrected chi connectivity index (χ3v) is 1.63. The average Bonchev–Trinajstić information content (AvgIpc) is 2.36. The number of allylic oxidation sites excluding steroid dienone is 1. The Morgan fingerprint density at radius 2 is 2.40 bits per heavy atom. The predicted molar refractivity (Wildman–Crippen MR) is 38.5 cm³/mol. The van der Waals surface area contributed by atoms with Crippen LogP contribution in [0.5, 0.6) is 0 Å². The molecule has 3 heteroatoms. The van der Waals surface area contributed by atoms with Crippen LogP contribution in [0.15, 0.2) is 21.6 Å². The number of rotatable bonds is 0. The Morgan fingerprint density at radius 1 is 1.50 bits per heavy atom. The molecule has 0 unspecified atom stereocenters. The summed E-state index contributed by atoms with van der Waals surface area (Å²) in [7, 11) is 0. The Hall–Kier alpha value is -1.25. The quantitative estimate of drug-likeness (QED) is 0.472. The Labute approximate surface area is 58.2 Å². The van der Waals surface area contributed by atoms with E-state index in [0.717, 1.165) is 18.5 Å². The maximum Gasteiger partial charge on any atom is 0.295 e. The van der Waals surface area contributed by atoms with Crippen LogP contribution in [0, 0.1) is 0 Å². The normalized spacial score (nSPS) is 22.2. The van der Waals surface area contributed by atoms with Crippen LogP contribution in [0.4, 0.5) is 0 Å². The van der Waals surface area contributed by atoms with Crippen molar-refractivity contribution in [2.24, 2.45) is 9.98 Å². The van der Waals surface area contributed by atoms with Crippen LogP contribution in [0.1, 0.15) is 6.42 Å². The Morgan fingerprint density at radius 3 is 3.20 bits per heavy atom. The minimum absolute atomic E-state index is 0.185. The standard InChI is InChI=1S/C7H6N2O/c10-7-6-5(1-3-8-6)2-4-9-7/h2,4H,1,3H2. The first kappa shape index (κ1) is 5.53. The Balaban J connectivity index is 2.48. The SMILES string of the molecule is O=C1N=CC=C2CCN=C12. The third kappa shape index (κ3) is 0.635. The topological polar surface area (TPSA) is 41.8 Å². The number of hydrogen-bond acceptors (Lipinski definition) is 2. The number of dihydropyridines is 1. The van der Waals surface area contributed by atoms with Crippen molar-refractivity contribution in [3.8, 4) is 0 Å². The molecule has 0 fully saturated rings. The number of amides is 1. The van der Waals surface area contributed by atoms with Crippen LogP contribution in [-0.2, 0) is 4.79 Å². The van der Waals surface area contributed by atoms with Crippen molar-refractivity contribution in [2.45, 2.75) is 6.42 Å². The molecule has 0 aliphatic carbocycles. The molecular weight excluding hydrogens is 128 g/mol. The van der Waals surface area contributed by atoms with Crippen molar-refractivity contribution >= 4 is 17.8 Å². The summed E-state index contributed by atoms with van der Waals surface area (Å²) in [6, 6.07) is 0. The number of aliphatic imine (C=N–C) groups is 2. The van der Waals surface area contributed by atoms with E-state index in [1.807, 2.05) is 6.08 Å². The summed E-state index contributed by atoms with van der Waals surface area (Å²) < 4.78 is 0. The zero-order valence-electron chi connectivity index (χ0n) is 5.37. The lowest BCUT2D eigenvalue weighted by Crippen LogP contribution is -2.14. The van der Waals surface area contributed by atoms with Crippen molar-refractivity contribution in [2.75, 3.05) is 6.54 Å². The van der Waals surface area contributed by atoms with Gasteiger partial charge < -0.3 is 0 Å². The lowest BCUT2D eigenvalue weighted by Gasteiger charge is -2.00. The molecule has 0 saturated carbocycles. The first-order chi connectivity index (χ1) is 4.88. The van der Waals surface area contributed by atoms with Crippen molar-refractivity contribution in [1.82, 2.24) is 0 Å². The molecule has 2 rings (SSSR count). The highest BCUT2D eigenvalue weighted by Crippen LogP contribution is 2.15. The van der Waals surface area contributed by atoms with Gasteiger partial charge in [0.25, 0.3) is 5.91 Å². The van der Waals surface area contributed by atoms with E-state index < -0.39 is 0 Å². The van der Waals surface area contributed by atoms with Gasteiger partial charge in [0.05, 0.1) is 0 Å². The lowest BCUT2D eigenvalue weighted by molar-refractivity contribution is -0.111. The van der Waals surface area contributed by atoms with Gasteiger partial charge in [0.2, 0.25) is 0 Å². The molecule has 0 atom stereocenters. The molecule has 3 nitrogen and oxygen atoms in total. The van der Waals surface area contributed by atoms with Gasteiger partial charge in [-0.2, -0.15) is 0 Å². The van der Waals surface area contributed by atoms with E-state index in [9.17, 15) is 4.79 Å². The molecule has 2 aliphatic heterocycles. The van der Waals surface area contributed by atoms with Crippen LogP contribution in [0.3, 0.4) is 0 Å². The average molecular weight is 134 g/mol. The van der Waals surface area contributed by atoms with E-state index in [2.05, 4.69) is 9.98 Å². The van der Waals surface area contributed by atoms with Gasteiger partial charge >= 0.3 is 0 Å². The van der Waals surface area contributed by atoms with Gasteiger partial charge in [0.1, 0.15) is 5.71 Å². The highest BCUT2D eigenvalue weighted by molar-refractivity contribution is 6.48. The fourth-order valence-electron chi connectivity index (χ4n) is 1.13. The van der Waals surface area contributed by atoms with E-state index in [-0.39, 0.29) is 5.91 Å². The van der Waals surface area contributed by atoms with Crippen LogP contribution in [-0.4, -0.2) is 24.4 Å². The van der Waals surface area contributed by atoms with Gasteiger partial charge in [-0.25, -0.2) is 4.99 Å². The highest BCUT2D eigenvalue weighted by atomic mass is 16.1. The molecule has 0 spiro atoms. The first-order valence-corrected chi connectivity index (χ1v) is 3.20. The van der Waals surface area contributed by atoms with Gasteiger partial charge in [0.15, 0.2) is 0 Å². The number of carbonyl (C=O) groups excluding carboxylic acids is 1. The molecule has 0 N–H and O–H groups in total. The third-order valence-electron chi connectivity index (χ3n) is 1.63. The highest BCUT2D eigenvalue weighted by Gasteiger charge is 2.21. The molecule has 0 radical (unpaired) electrons. The smallest absolute Gasteiger partial charge is 0.279 e. The molecule has 10 heavy (non-hydrogen) atoms. The van der Waals surface area contributed by atoms with Gasteiger partial charge in [-0.15, -0.1) is 0 Å². The van der Waals surface area contributed by atoms with Crippen LogP contribution >= 0.6 is 0 Å². The molecule has 0 aromatic carbocycles. The Kier molecular flexibility index (Phi) is 1.03. The van der Waals surface area contributed by atoms with E-state index in [1.165, 1.54) is 0 Å². The fraction of sp³-hybridized carbons (Fsp3) is 0.286. The summed E-state index contributed by atoms with van der Waals surface area (Å²) in [5.74, 6) is -0.185. The van der Waals surface area contributed by atoms with Crippen LogP contribution < -0.4 is 0 Å². The van der Waals surface area contributed by atoms with Crippen molar-refractivity contribution in [3.05, 3.63) is 11.6 Å². The number of nitrogens with zero attached hydrogens (tertiary/aromatic N) is 2. The summed E-state index contributed by atoms with van der Waals surface area (Å²) in [6.45, 7) is 0.746. The van der Waals surface area contributed by atoms with Gasteiger partial charge in [-0.05, 0) is 18.1 Å². The van der Waals surface area contributed by atoms with Crippen molar-refractivity contribution in [1.29, 1.82) is 0 Å². The summed E-state index contributed by atoms with van der Waals surface area (Å²) in [4.78, 5) is 18.5. The second-order valence-corrected chi connectivity index (χ2v) is 2.26. The monoisotopic (exact) mass is 134 g/mol. The van der Waals surface area contributed by atoms with Gasteiger partial charge in [0, 0.05) is 12.8 Å². The number of fused-ring (bicyclic) bond motifs is 1. The van der Waals surface area contributed by atoms with Gasteiger partial charge in [-0.1, -0.05) is 0 Å². The maximum atomic E-state index is 10.9. The molecule has 0 aromatic heterocycles. The largest absolute Gasteiger partial charge is 0.295 e. The van der Waals surface area contributed by atoms with E-state index in [4.69, 9.17) is 0 Å². The van der Waals surface area contributed by atoms with E-state index in [1.54, 1.807) is 6.21 Å². The van der Waals surface area contributed by atoms with Gasteiger partial charge in [-0.3, -0.25) is 9.79 Å². The number of carbonyl (C=O) groups is 1. The maximum absolute atomic E-state index is 10.9. The minimum atomic E-state index is -0.185. The summed E-state index contributed by atoms with van der Waals surface area (Å²) in [5.41, 5.74) is 1.61. The second-order valence-electron chi connectivity index (χ2n) is 2.26. The van der Waals surface area contributed by atoms with Crippen molar-refractivity contribution in [3.63, 3.8) is 0 Å². The van der Waals surface area contributed by atoms with E-state index >= 15 is 0 Å². The predicted octanol–water partition coefficient (Wildman–Crippen LogP) is 0.369. The summed E-state index contributed by atoms with van der Waals surface area (Å²) >= 11 is 0. The minimum Gasteiger partial charge on any atom is -0.279 e. The molecule has 0 bridgehead atoms. The molecule has 2 heterocycles. The van der Waals surface area contributed by atoms with E-state index in [0.29, 0.717) is 5.71 Å². The van der Waals surface area contributed by atoms with Crippen molar-refractivity contribution < 1.29 is 4.79 Å². The zero-order valence-corrected chi connectivity index (χ0v) is 5.37. The summed E-state index contributed by atoms with van der Waals surface area (Å²) in [6.07, 6.45) is 4.29.